The fraction of sp³-hybridized carbons (Fsp3) is 0.500. The Hall–Kier alpha value is -3.26. The summed E-state index contributed by atoms with van der Waals surface area (Å²) in [5, 5.41) is 3.57. The van der Waals surface area contributed by atoms with E-state index in [1.54, 1.807) is 0 Å². The smallest absolute Gasteiger partial charge is 0.326 e. The molecule has 5 rings (SSSR count). The molecule has 1 aliphatic carbocycles. The van der Waals surface area contributed by atoms with Crippen molar-refractivity contribution in [3.05, 3.63) is 52.9 Å². The maximum atomic E-state index is 13.0. The highest BCUT2D eigenvalue weighted by molar-refractivity contribution is 5.90. The molecule has 2 heterocycles. The first-order chi connectivity index (χ1) is 17.6. The van der Waals surface area contributed by atoms with Crippen molar-refractivity contribution in [2.75, 3.05) is 49.5 Å². The Morgan fingerprint density at radius 1 is 1.06 bits per heavy atom. The van der Waals surface area contributed by atoms with Crippen LogP contribution in [-0.4, -0.2) is 59.8 Å². The van der Waals surface area contributed by atoms with Crippen molar-refractivity contribution in [3.63, 3.8) is 0 Å². The average molecular weight is 492 g/mol. The second kappa shape index (κ2) is 11.2. The molecule has 1 saturated carbocycles. The van der Waals surface area contributed by atoms with E-state index in [1.165, 1.54) is 32.1 Å². The van der Waals surface area contributed by atoms with Crippen molar-refractivity contribution in [2.45, 2.75) is 45.6 Å². The molecule has 0 unspecified atom stereocenters. The van der Waals surface area contributed by atoms with Gasteiger partial charge in [0, 0.05) is 38.4 Å². The van der Waals surface area contributed by atoms with Crippen LogP contribution in [0.3, 0.4) is 0 Å². The van der Waals surface area contributed by atoms with Crippen molar-refractivity contribution in [1.29, 1.82) is 0 Å². The zero-order chi connectivity index (χ0) is 24.9. The number of nitrogens with zero attached hydrogens (tertiary/aromatic N) is 3. The van der Waals surface area contributed by atoms with Crippen LogP contribution in [0, 0.1) is 5.92 Å². The molecule has 8 heteroatoms. The number of ether oxygens (including phenoxy) is 1. The molecule has 8 nitrogen and oxygen atoms in total. The minimum absolute atomic E-state index is 0.0300. The van der Waals surface area contributed by atoms with Crippen LogP contribution in [0.5, 0.6) is 0 Å². The number of nitrogens with one attached hydrogen (secondary N) is 2. The van der Waals surface area contributed by atoms with Gasteiger partial charge in [0.1, 0.15) is 0 Å². The SMILES string of the molecule is CCOC(=O)CN1CCN(c2cc3c(cc2Nc2ccccc2)[nH]c(=O)n3CC2CCCCC2)CC1. The first kappa shape index (κ1) is 24.4. The number of carbonyl (C=O) groups excluding carboxylic acids is 1. The number of hydrogen-bond donors (Lipinski definition) is 2. The molecule has 1 aliphatic heterocycles. The van der Waals surface area contributed by atoms with Crippen molar-refractivity contribution in [2.24, 2.45) is 5.92 Å². The van der Waals surface area contributed by atoms with E-state index in [1.807, 2.05) is 41.8 Å². The molecule has 3 aromatic rings. The van der Waals surface area contributed by atoms with E-state index in [2.05, 4.69) is 32.2 Å². The number of aromatic amines is 1. The molecule has 0 spiro atoms. The number of aromatic nitrogens is 2. The number of carbonyl (C=O) groups is 1. The molecule has 0 bridgehead atoms. The molecule has 2 aromatic carbocycles. The third kappa shape index (κ3) is 5.59. The van der Waals surface area contributed by atoms with Crippen molar-refractivity contribution in [1.82, 2.24) is 14.5 Å². The van der Waals surface area contributed by atoms with Gasteiger partial charge < -0.3 is 19.9 Å². The maximum absolute atomic E-state index is 13.0. The van der Waals surface area contributed by atoms with Crippen LogP contribution in [0.25, 0.3) is 11.0 Å². The van der Waals surface area contributed by atoms with Crippen LogP contribution < -0.4 is 15.9 Å². The highest BCUT2D eigenvalue weighted by atomic mass is 16.5. The second-order valence-corrected chi connectivity index (χ2v) is 9.99. The Bertz CT molecular complexity index is 1220. The van der Waals surface area contributed by atoms with Crippen LogP contribution in [0.4, 0.5) is 17.1 Å². The van der Waals surface area contributed by atoms with E-state index in [0.717, 1.165) is 60.8 Å². The van der Waals surface area contributed by atoms with Crippen LogP contribution in [0.1, 0.15) is 39.0 Å². The number of hydrogen-bond acceptors (Lipinski definition) is 6. The predicted octanol–water partition coefficient (Wildman–Crippen LogP) is 4.34. The summed E-state index contributed by atoms with van der Waals surface area (Å²) in [5.74, 6) is 0.394. The molecule has 192 valence electrons. The molecule has 2 fully saturated rings. The van der Waals surface area contributed by atoms with Gasteiger partial charge in [-0.15, -0.1) is 0 Å². The van der Waals surface area contributed by atoms with Crippen LogP contribution in [0.15, 0.2) is 47.3 Å². The number of benzene rings is 2. The monoisotopic (exact) mass is 491 g/mol. The standard InChI is InChI=1S/C28H37N5O3/c1-2-36-27(34)20-31-13-15-32(16-14-31)25-18-26-24(17-23(25)29-22-11-7-4-8-12-22)30-28(35)33(26)19-21-9-5-3-6-10-21/h4,7-8,11-12,17-18,21,29H,2-3,5-6,9-10,13-16,19-20H2,1H3,(H,30,35). The third-order valence-electron chi connectivity index (χ3n) is 7.48. The second-order valence-electron chi connectivity index (χ2n) is 9.99. The van der Waals surface area contributed by atoms with E-state index in [9.17, 15) is 9.59 Å². The number of para-hydroxylation sites is 1. The Balaban J connectivity index is 1.44. The molecular formula is C28H37N5O3. The fourth-order valence-corrected chi connectivity index (χ4v) is 5.58. The largest absolute Gasteiger partial charge is 0.465 e. The highest BCUT2D eigenvalue weighted by Gasteiger charge is 2.24. The Kier molecular flexibility index (Phi) is 7.60. The lowest BCUT2D eigenvalue weighted by Gasteiger charge is -2.36. The summed E-state index contributed by atoms with van der Waals surface area (Å²) in [4.78, 5) is 32.5. The quantitative estimate of drug-likeness (QED) is 0.456. The lowest BCUT2D eigenvalue weighted by Crippen LogP contribution is -2.48. The molecule has 1 saturated heterocycles. The predicted molar refractivity (Wildman–Crippen MR) is 144 cm³/mol. The van der Waals surface area contributed by atoms with Gasteiger partial charge in [-0.25, -0.2) is 4.79 Å². The van der Waals surface area contributed by atoms with E-state index in [4.69, 9.17) is 4.74 Å². The molecule has 0 amide bonds. The minimum atomic E-state index is -0.169. The number of imidazole rings is 1. The van der Waals surface area contributed by atoms with Gasteiger partial charge in [0.25, 0.3) is 0 Å². The zero-order valence-corrected chi connectivity index (χ0v) is 21.2. The minimum Gasteiger partial charge on any atom is -0.465 e. The lowest BCUT2D eigenvalue weighted by molar-refractivity contribution is -0.144. The summed E-state index contributed by atoms with van der Waals surface area (Å²) in [6.45, 7) is 6.50. The summed E-state index contributed by atoms with van der Waals surface area (Å²) >= 11 is 0. The molecule has 1 aromatic heterocycles. The van der Waals surface area contributed by atoms with Gasteiger partial charge in [-0.1, -0.05) is 37.5 Å². The van der Waals surface area contributed by atoms with Crippen molar-refractivity contribution < 1.29 is 9.53 Å². The van der Waals surface area contributed by atoms with Gasteiger partial charge in [-0.3, -0.25) is 14.3 Å². The van der Waals surface area contributed by atoms with Gasteiger partial charge >= 0.3 is 11.7 Å². The van der Waals surface area contributed by atoms with Crippen molar-refractivity contribution >= 4 is 34.1 Å². The first-order valence-corrected chi connectivity index (χ1v) is 13.3. The Morgan fingerprint density at radius 2 is 1.81 bits per heavy atom. The summed E-state index contributed by atoms with van der Waals surface area (Å²) in [6, 6.07) is 14.4. The number of esters is 1. The number of fused-ring (bicyclic) bond motifs is 1. The molecular weight excluding hydrogens is 454 g/mol. The van der Waals surface area contributed by atoms with Crippen LogP contribution in [0.2, 0.25) is 0 Å². The van der Waals surface area contributed by atoms with Gasteiger partial charge in [0.05, 0.1) is 35.6 Å². The van der Waals surface area contributed by atoms with E-state index >= 15 is 0 Å². The number of anilines is 3. The maximum Gasteiger partial charge on any atom is 0.326 e. The Morgan fingerprint density at radius 3 is 2.53 bits per heavy atom. The van der Waals surface area contributed by atoms with Gasteiger partial charge in [-0.05, 0) is 49.9 Å². The number of H-pyrrole nitrogens is 1. The summed E-state index contributed by atoms with van der Waals surface area (Å²) in [5.41, 5.74) is 4.85. The first-order valence-electron chi connectivity index (χ1n) is 13.3. The normalized spacial score (nSPS) is 17.4. The topological polar surface area (TPSA) is 82.6 Å². The number of rotatable bonds is 8. The van der Waals surface area contributed by atoms with E-state index < -0.39 is 0 Å². The van der Waals surface area contributed by atoms with Gasteiger partial charge in [0.2, 0.25) is 0 Å². The fourth-order valence-electron chi connectivity index (χ4n) is 5.58. The molecule has 36 heavy (non-hydrogen) atoms. The van der Waals surface area contributed by atoms with Crippen LogP contribution in [-0.2, 0) is 16.1 Å². The van der Waals surface area contributed by atoms with E-state index in [-0.39, 0.29) is 11.7 Å². The summed E-state index contributed by atoms with van der Waals surface area (Å²) in [7, 11) is 0. The molecule has 2 aliphatic rings. The average Bonchev–Trinajstić information content (AvgIpc) is 3.19. The molecule has 0 atom stereocenters. The highest BCUT2D eigenvalue weighted by Crippen LogP contribution is 2.34. The van der Waals surface area contributed by atoms with Gasteiger partial charge in [0.15, 0.2) is 0 Å². The van der Waals surface area contributed by atoms with Crippen molar-refractivity contribution in [3.8, 4) is 0 Å². The molecule has 2 N–H and O–H groups in total. The summed E-state index contributed by atoms with van der Waals surface area (Å²) in [6.07, 6.45) is 6.21. The third-order valence-corrected chi connectivity index (χ3v) is 7.48. The number of piperazine rings is 1. The molecule has 0 radical (unpaired) electrons. The summed E-state index contributed by atoms with van der Waals surface area (Å²) < 4.78 is 7.07. The van der Waals surface area contributed by atoms with Crippen LogP contribution >= 0.6 is 0 Å². The lowest BCUT2D eigenvalue weighted by atomic mass is 9.89. The zero-order valence-electron chi connectivity index (χ0n) is 21.2. The van der Waals surface area contributed by atoms with E-state index in [0.29, 0.717) is 19.1 Å². The Labute approximate surface area is 212 Å². The van der Waals surface area contributed by atoms with Gasteiger partial charge in [-0.2, -0.15) is 0 Å².